The molecule has 0 saturated heterocycles. The summed E-state index contributed by atoms with van der Waals surface area (Å²) in [6.07, 6.45) is 0.187. The van der Waals surface area contributed by atoms with Crippen LogP contribution in [0.25, 0.3) is 0 Å². The van der Waals surface area contributed by atoms with Crippen LogP contribution in [0.15, 0.2) is 48.5 Å². The lowest BCUT2D eigenvalue weighted by atomic mass is 10.1. The molecule has 3 heteroatoms. The second kappa shape index (κ2) is 7.48. The first-order chi connectivity index (χ1) is 10.1. The zero-order valence-electron chi connectivity index (χ0n) is 12.8. The van der Waals surface area contributed by atoms with E-state index >= 15 is 0 Å². The van der Waals surface area contributed by atoms with Crippen LogP contribution in [-0.4, -0.2) is 6.10 Å². The summed E-state index contributed by atoms with van der Waals surface area (Å²) in [5.74, 6) is 0.911. The molecule has 0 saturated carbocycles. The van der Waals surface area contributed by atoms with Gasteiger partial charge in [0, 0.05) is 17.6 Å². The van der Waals surface area contributed by atoms with Crippen LogP contribution in [0.4, 0.5) is 0 Å². The lowest BCUT2D eigenvalue weighted by Crippen LogP contribution is -2.18. The highest BCUT2D eigenvalue weighted by atomic mass is 35.5. The van der Waals surface area contributed by atoms with Crippen molar-refractivity contribution in [1.29, 1.82) is 0 Å². The van der Waals surface area contributed by atoms with Gasteiger partial charge in [0.05, 0.1) is 6.10 Å². The fraction of sp³-hybridized carbons (Fsp3) is 0.333. The first-order valence-electron chi connectivity index (χ1n) is 7.29. The minimum Gasteiger partial charge on any atom is -0.491 e. The van der Waals surface area contributed by atoms with E-state index in [1.165, 1.54) is 5.56 Å². The Bertz CT molecular complexity index is 583. The molecular weight excluding hydrogens is 282 g/mol. The largest absolute Gasteiger partial charge is 0.491 e. The third kappa shape index (κ3) is 4.76. The van der Waals surface area contributed by atoms with E-state index in [9.17, 15) is 0 Å². The second-order valence-electron chi connectivity index (χ2n) is 5.43. The Morgan fingerprint density at radius 3 is 2.52 bits per heavy atom. The second-order valence-corrected chi connectivity index (χ2v) is 5.84. The summed E-state index contributed by atoms with van der Waals surface area (Å²) < 4.78 is 5.74. The van der Waals surface area contributed by atoms with E-state index in [2.05, 4.69) is 24.4 Å². The van der Waals surface area contributed by atoms with Gasteiger partial charge in [-0.25, -0.2) is 0 Å². The third-order valence-corrected chi connectivity index (χ3v) is 3.66. The lowest BCUT2D eigenvalue weighted by Gasteiger charge is -2.17. The number of hydrogen-bond acceptors (Lipinski definition) is 2. The van der Waals surface area contributed by atoms with Gasteiger partial charge in [0.1, 0.15) is 5.75 Å². The Balaban J connectivity index is 2.00. The number of halogens is 1. The summed E-state index contributed by atoms with van der Waals surface area (Å²) in [4.78, 5) is 0. The van der Waals surface area contributed by atoms with Crippen LogP contribution in [0, 0.1) is 0 Å². The highest BCUT2D eigenvalue weighted by Gasteiger charge is 2.08. The molecule has 1 unspecified atom stereocenters. The summed E-state index contributed by atoms with van der Waals surface area (Å²) in [6, 6.07) is 16.4. The number of rotatable bonds is 6. The van der Waals surface area contributed by atoms with E-state index in [1.54, 1.807) is 0 Å². The average molecular weight is 304 g/mol. The molecule has 21 heavy (non-hydrogen) atoms. The smallest absolute Gasteiger partial charge is 0.120 e. The van der Waals surface area contributed by atoms with Crippen LogP contribution in [-0.2, 0) is 6.54 Å². The molecule has 2 rings (SSSR count). The number of nitrogens with one attached hydrogen (secondary N) is 1. The molecule has 0 aromatic heterocycles. The first-order valence-corrected chi connectivity index (χ1v) is 7.67. The molecule has 2 aromatic carbocycles. The van der Waals surface area contributed by atoms with Gasteiger partial charge in [-0.1, -0.05) is 41.9 Å². The minimum absolute atomic E-state index is 0.187. The van der Waals surface area contributed by atoms with Crippen molar-refractivity contribution in [3.63, 3.8) is 0 Å². The molecule has 0 radical (unpaired) electrons. The van der Waals surface area contributed by atoms with E-state index in [-0.39, 0.29) is 12.1 Å². The number of hydrogen-bond donors (Lipinski definition) is 1. The normalized spacial score (nSPS) is 12.4. The molecule has 1 N–H and O–H groups in total. The van der Waals surface area contributed by atoms with Gasteiger partial charge < -0.3 is 10.1 Å². The molecule has 0 aliphatic rings. The van der Waals surface area contributed by atoms with E-state index < -0.39 is 0 Å². The SMILES string of the molecule is CC(C)Oc1cccc(C(C)NCc2ccccc2Cl)c1. The molecule has 0 bridgehead atoms. The summed E-state index contributed by atoms with van der Waals surface area (Å²) >= 11 is 6.18. The van der Waals surface area contributed by atoms with E-state index in [0.717, 1.165) is 22.9 Å². The van der Waals surface area contributed by atoms with Crippen molar-refractivity contribution in [2.24, 2.45) is 0 Å². The molecule has 0 amide bonds. The standard InChI is InChI=1S/C18H22ClNO/c1-13(2)21-17-9-6-8-15(11-17)14(3)20-12-16-7-4-5-10-18(16)19/h4-11,13-14,20H,12H2,1-3H3. The van der Waals surface area contributed by atoms with Crippen LogP contribution in [0.1, 0.15) is 37.9 Å². The molecule has 0 spiro atoms. The quantitative estimate of drug-likeness (QED) is 0.813. The van der Waals surface area contributed by atoms with Crippen LogP contribution in [0.3, 0.4) is 0 Å². The van der Waals surface area contributed by atoms with Crippen molar-refractivity contribution in [1.82, 2.24) is 5.32 Å². The Hall–Kier alpha value is -1.51. The van der Waals surface area contributed by atoms with Gasteiger partial charge in [-0.2, -0.15) is 0 Å². The minimum atomic E-state index is 0.187. The van der Waals surface area contributed by atoms with Crippen molar-refractivity contribution in [3.8, 4) is 5.75 Å². The van der Waals surface area contributed by atoms with Crippen LogP contribution < -0.4 is 10.1 Å². The maximum Gasteiger partial charge on any atom is 0.120 e. The van der Waals surface area contributed by atoms with Crippen molar-refractivity contribution in [3.05, 3.63) is 64.7 Å². The molecule has 112 valence electrons. The summed E-state index contributed by atoms with van der Waals surface area (Å²) in [5, 5.41) is 4.30. The van der Waals surface area contributed by atoms with Gasteiger partial charge in [0.15, 0.2) is 0 Å². The van der Waals surface area contributed by atoms with Crippen LogP contribution >= 0.6 is 11.6 Å². The van der Waals surface area contributed by atoms with Crippen molar-refractivity contribution < 1.29 is 4.74 Å². The van der Waals surface area contributed by atoms with Crippen molar-refractivity contribution >= 4 is 11.6 Å². The predicted molar refractivity (Wildman–Crippen MR) is 88.9 cm³/mol. The van der Waals surface area contributed by atoms with Gasteiger partial charge in [-0.15, -0.1) is 0 Å². The average Bonchev–Trinajstić information content (AvgIpc) is 2.45. The molecule has 0 fully saturated rings. The third-order valence-electron chi connectivity index (χ3n) is 3.29. The van der Waals surface area contributed by atoms with Gasteiger partial charge in [0.2, 0.25) is 0 Å². The van der Waals surface area contributed by atoms with E-state index in [1.807, 2.05) is 50.2 Å². The highest BCUT2D eigenvalue weighted by molar-refractivity contribution is 6.31. The monoisotopic (exact) mass is 303 g/mol. The molecule has 1 atom stereocenters. The van der Waals surface area contributed by atoms with Gasteiger partial charge in [-0.05, 0) is 50.1 Å². The van der Waals surface area contributed by atoms with Gasteiger partial charge in [-0.3, -0.25) is 0 Å². The zero-order chi connectivity index (χ0) is 15.2. The van der Waals surface area contributed by atoms with Crippen molar-refractivity contribution in [2.75, 3.05) is 0 Å². The Labute approximate surface area is 132 Å². The van der Waals surface area contributed by atoms with E-state index in [4.69, 9.17) is 16.3 Å². The molecule has 0 heterocycles. The highest BCUT2D eigenvalue weighted by Crippen LogP contribution is 2.21. The summed E-state index contributed by atoms with van der Waals surface area (Å²) in [7, 11) is 0. The molecule has 2 aromatic rings. The maximum atomic E-state index is 6.18. The van der Waals surface area contributed by atoms with Gasteiger partial charge >= 0.3 is 0 Å². The number of benzene rings is 2. The van der Waals surface area contributed by atoms with Crippen LogP contribution in [0.2, 0.25) is 5.02 Å². The van der Waals surface area contributed by atoms with Crippen molar-refractivity contribution in [2.45, 2.75) is 39.5 Å². The summed E-state index contributed by atoms with van der Waals surface area (Å²) in [5.41, 5.74) is 2.32. The molecule has 0 aliphatic heterocycles. The predicted octanol–water partition coefficient (Wildman–Crippen LogP) is 4.98. The first kappa shape index (κ1) is 15.9. The fourth-order valence-corrected chi connectivity index (χ4v) is 2.35. The Morgan fingerprint density at radius 1 is 1.05 bits per heavy atom. The molecule has 2 nitrogen and oxygen atoms in total. The Morgan fingerprint density at radius 2 is 1.81 bits per heavy atom. The van der Waals surface area contributed by atoms with Crippen LogP contribution in [0.5, 0.6) is 5.75 Å². The topological polar surface area (TPSA) is 21.3 Å². The Kier molecular flexibility index (Phi) is 5.66. The fourth-order valence-electron chi connectivity index (χ4n) is 2.15. The van der Waals surface area contributed by atoms with Gasteiger partial charge in [0.25, 0.3) is 0 Å². The molecular formula is C18H22ClNO. The summed E-state index contributed by atoms with van der Waals surface area (Å²) in [6.45, 7) is 6.96. The maximum absolute atomic E-state index is 6.18. The van der Waals surface area contributed by atoms with E-state index in [0.29, 0.717) is 0 Å². The lowest BCUT2D eigenvalue weighted by molar-refractivity contribution is 0.242. The number of ether oxygens (including phenoxy) is 1. The molecule has 0 aliphatic carbocycles. The zero-order valence-corrected chi connectivity index (χ0v) is 13.5.